The zero-order chi connectivity index (χ0) is 13.2. The molecule has 0 radical (unpaired) electrons. The van der Waals surface area contributed by atoms with Gasteiger partial charge in [-0.3, -0.25) is 4.90 Å². The predicted molar refractivity (Wildman–Crippen MR) is 75.9 cm³/mol. The molecule has 3 unspecified atom stereocenters. The van der Waals surface area contributed by atoms with E-state index < -0.39 is 0 Å². The Bertz CT molecular complexity index is 267. The van der Waals surface area contributed by atoms with E-state index in [4.69, 9.17) is 4.74 Å². The first-order chi connectivity index (χ1) is 8.57. The van der Waals surface area contributed by atoms with Gasteiger partial charge in [-0.25, -0.2) is 0 Å². The number of ether oxygens (including phenoxy) is 1. The van der Waals surface area contributed by atoms with Gasteiger partial charge >= 0.3 is 0 Å². The topological polar surface area (TPSA) is 24.5 Å². The van der Waals surface area contributed by atoms with Crippen molar-refractivity contribution in [3.63, 3.8) is 0 Å². The fraction of sp³-hybridized carbons (Fsp3) is 1.00. The highest BCUT2D eigenvalue weighted by atomic mass is 16.5. The summed E-state index contributed by atoms with van der Waals surface area (Å²) in [5.74, 6) is 0.903. The van der Waals surface area contributed by atoms with Crippen LogP contribution in [0, 0.1) is 5.92 Å². The zero-order valence-corrected chi connectivity index (χ0v) is 12.5. The number of methoxy groups -OCH3 is 1. The van der Waals surface area contributed by atoms with Crippen molar-refractivity contribution >= 4 is 0 Å². The van der Waals surface area contributed by atoms with Gasteiger partial charge in [0.2, 0.25) is 0 Å². The van der Waals surface area contributed by atoms with E-state index in [1.807, 2.05) is 0 Å². The zero-order valence-electron chi connectivity index (χ0n) is 12.5. The Morgan fingerprint density at radius 1 is 1.39 bits per heavy atom. The SMILES string of the molecule is COCCC(C)N1CC(C)(C2CC2)NCCC1C. The third-order valence-electron chi connectivity index (χ3n) is 4.95. The summed E-state index contributed by atoms with van der Waals surface area (Å²) in [6, 6.07) is 1.31. The van der Waals surface area contributed by atoms with E-state index in [-0.39, 0.29) is 0 Å². The van der Waals surface area contributed by atoms with Crippen molar-refractivity contribution in [3.05, 3.63) is 0 Å². The maximum absolute atomic E-state index is 5.24. The van der Waals surface area contributed by atoms with Crippen LogP contribution in [0.3, 0.4) is 0 Å². The summed E-state index contributed by atoms with van der Waals surface area (Å²) in [7, 11) is 1.80. The second kappa shape index (κ2) is 5.89. The molecular formula is C15H30N2O. The fourth-order valence-electron chi connectivity index (χ4n) is 3.36. The Labute approximate surface area is 112 Å². The summed E-state index contributed by atoms with van der Waals surface area (Å²) in [6.45, 7) is 10.4. The monoisotopic (exact) mass is 254 g/mol. The van der Waals surface area contributed by atoms with Crippen LogP contribution in [0.4, 0.5) is 0 Å². The van der Waals surface area contributed by atoms with Gasteiger partial charge in [0.25, 0.3) is 0 Å². The lowest BCUT2D eigenvalue weighted by Crippen LogP contribution is -2.53. The van der Waals surface area contributed by atoms with Gasteiger partial charge in [0.05, 0.1) is 0 Å². The van der Waals surface area contributed by atoms with Gasteiger partial charge in [0.1, 0.15) is 0 Å². The molecule has 0 aromatic carbocycles. The molecule has 1 N–H and O–H groups in total. The number of nitrogens with zero attached hydrogens (tertiary/aromatic N) is 1. The van der Waals surface area contributed by atoms with Crippen LogP contribution in [-0.2, 0) is 4.74 Å². The average molecular weight is 254 g/mol. The molecule has 1 saturated heterocycles. The third kappa shape index (κ3) is 3.25. The van der Waals surface area contributed by atoms with Gasteiger partial charge in [-0.15, -0.1) is 0 Å². The molecule has 1 aliphatic heterocycles. The number of hydrogen-bond acceptors (Lipinski definition) is 3. The van der Waals surface area contributed by atoms with Gasteiger partial charge in [0.15, 0.2) is 0 Å². The van der Waals surface area contributed by atoms with Gasteiger partial charge in [-0.1, -0.05) is 0 Å². The van der Waals surface area contributed by atoms with E-state index in [9.17, 15) is 0 Å². The van der Waals surface area contributed by atoms with E-state index in [0.29, 0.717) is 17.6 Å². The van der Waals surface area contributed by atoms with E-state index in [1.165, 1.54) is 32.4 Å². The van der Waals surface area contributed by atoms with Crippen molar-refractivity contribution in [2.45, 2.75) is 64.1 Å². The minimum atomic E-state index is 0.339. The van der Waals surface area contributed by atoms with Crippen molar-refractivity contribution in [1.29, 1.82) is 0 Å². The van der Waals surface area contributed by atoms with Crippen molar-refractivity contribution in [1.82, 2.24) is 10.2 Å². The molecule has 1 saturated carbocycles. The molecule has 3 heteroatoms. The largest absolute Gasteiger partial charge is 0.385 e. The van der Waals surface area contributed by atoms with Gasteiger partial charge in [-0.05, 0) is 58.9 Å². The first-order valence-corrected chi connectivity index (χ1v) is 7.56. The third-order valence-corrected chi connectivity index (χ3v) is 4.95. The lowest BCUT2D eigenvalue weighted by molar-refractivity contribution is 0.0903. The van der Waals surface area contributed by atoms with Crippen molar-refractivity contribution in [2.75, 3.05) is 26.8 Å². The molecule has 2 aliphatic rings. The van der Waals surface area contributed by atoms with Gasteiger partial charge in [0, 0.05) is 37.9 Å². The highest BCUT2D eigenvalue weighted by Gasteiger charge is 2.44. The first-order valence-electron chi connectivity index (χ1n) is 7.56. The van der Waals surface area contributed by atoms with Crippen LogP contribution in [0.25, 0.3) is 0 Å². The fourth-order valence-corrected chi connectivity index (χ4v) is 3.36. The summed E-state index contributed by atoms with van der Waals surface area (Å²) >= 11 is 0. The molecule has 18 heavy (non-hydrogen) atoms. The summed E-state index contributed by atoms with van der Waals surface area (Å²) < 4.78 is 5.24. The molecule has 0 aromatic rings. The smallest absolute Gasteiger partial charge is 0.0477 e. The Morgan fingerprint density at radius 2 is 2.11 bits per heavy atom. The average Bonchev–Trinajstić information content (AvgIpc) is 3.16. The number of nitrogens with one attached hydrogen (secondary N) is 1. The molecule has 3 atom stereocenters. The molecule has 2 rings (SSSR count). The van der Waals surface area contributed by atoms with E-state index in [1.54, 1.807) is 7.11 Å². The standard InChI is InChI=1S/C15H30N2O/c1-12-7-9-16-15(3,14-5-6-14)11-17(12)13(2)8-10-18-4/h12-14,16H,5-11H2,1-4H3. The minimum absolute atomic E-state index is 0.339. The molecule has 3 nitrogen and oxygen atoms in total. The van der Waals surface area contributed by atoms with E-state index >= 15 is 0 Å². The Hall–Kier alpha value is -0.120. The number of hydrogen-bond donors (Lipinski definition) is 1. The van der Waals surface area contributed by atoms with E-state index in [0.717, 1.165) is 18.9 Å². The highest BCUT2D eigenvalue weighted by Crippen LogP contribution is 2.41. The number of rotatable bonds is 5. The highest BCUT2D eigenvalue weighted by molar-refractivity contribution is 5.02. The summed E-state index contributed by atoms with van der Waals surface area (Å²) in [6.07, 6.45) is 5.23. The van der Waals surface area contributed by atoms with Gasteiger partial charge < -0.3 is 10.1 Å². The van der Waals surface area contributed by atoms with Crippen molar-refractivity contribution in [2.24, 2.45) is 5.92 Å². The normalized spacial score (nSPS) is 36.3. The van der Waals surface area contributed by atoms with Crippen LogP contribution in [0.2, 0.25) is 0 Å². The van der Waals surface area contributed by atoms with Crippen LogP contribution in [0.15, 0.2) is 0 Å². The van der Waals surface area contributed by atoms with Crippen molar-refractivity contribution in [3.8, 4) is 0 Å². The van der Waals surface area contributed by atoms with Crippen molar-refractivity contribution < 1.29 is 4.74 Å². The molecule has 2 fully saturated rings. The molecule has 106 valence electrons. The maximum Gasteiger partial charge on any atom is 0.0477 e. The van der Waals surface area contributed by atoms with Crippen LogP contribution in [0.1, 0.15) is 46.5 Å². The second-order valence-electron chi connectivity index (χ2n) is 6.56. The maximum atomic E-state index is 5.24. The lowest BCUT2D eigenvalue weighted by atomic mass is 9.94. The molecule has 0 aromatic heterocycles. The summed E-state index contributed by atoms with van der Waals surface area (Å²) in [5, 5.41) is 3.82. The molecule has 0 bridgehead atoms. The minimum Gasteiger partial charge on any atom is -0.385 e. The predicted octanol–water partition coefficient (Wildman–Crippen LogP) is 2.26. The Kier molecular flexibility index (Phi) is 4.68. The summed E-state index contributed by atoms with van der Waals surface area (Å²) in [4.78, 5) is 2.71. The van der Waals surface area contributed by atoms with Crippen LogP contribution < -0.4 is 5.32 Å². The lowest BCUT2D eigenvalue weighted by Gasteiger charge is -2.39. The van der Waals surface area contributed by atoms with Crippen LogP contribution >= 0.6 is 0 Å². The molecule has 0 amide bonds. The van der Waals surface area contributed by atoms with E-state index in [2.05, 4.69) is 31.0 Å². The molecule has 1 heterocycles. The second-order valence-corrected chi connectivity index (χ2v) is 6.56. The Morgan fingerprint density at radius 3 is 2.72 bits per heavy atom. The van der Waals surface area contributed by atoms with Gasteiger partial charge in [-0.2, -0.15) is 0 Å². The van der Waals surface area contributed by atoms with Crippen LogP contribution in [-0.4, -0.2) is 49.3 Å². The molecule has 1 aliphatic carbocycles. The Balaban J connectivity index is 2.00. The first kappa shape index (κ1) is 14.3. The van der Waals surface area contributed by atoms with Crippen LogP contribution in [0.5, 0.6) is 0 Å². The molecular weight excluding hydrogens is 224 g/mol. The molecule has 0 spiro atoms. The quantitative estimate of drug-likeness (QED) is 0.814. The summed E-state index contributed by atoms with van der Waals surface area (Å²) in [5.41, 5.74) is 0.339.